The van der Waals surface area contributed by atoms with Crippen LogP contribution in [-0.2, 0) is 0 Å². The molecule has 0 bridgehead atoms. The number of amides is 1. The molecule has 1 atom stereocenters. The van der Waals surface area contributed by atoms with E-state index >= 15 is 0 Å². The van der Waals surface area contributed by atoms with Crippen LogP contribution in [0.4, 0.5) is 10.1 Å². The van der Waals surface area contributed by atoms with Gasteiger partial charge in [0.15, 0.2) is 11.6 Å². The Morgan fingerprint density at radius 2 is 2.00 bits per heavy atom. The maximum absolute atomic E-state index is 13.7. The second kappa shape index (κ2) is 10.1. The SMILES string of the molecule is CCC(CNC(=O)c1cc(Cl)c(N)cc1OC)Oc1ccccc1F.Cl. The van der Waals surface area contributed by atoms with Crippen LogP contribution in [0.25, 0.3) is 0 Å². The molecule has 0 aliphatic rings. The van der Waals surface area contributed by atoms with Crippen molar-refractivity contribution in [2.24, 2.45) is 0 Å². The second-order valence-corrected chi connectivity index (χ2v) is 5.77. The highest BCUT2D eigenvalue weighted by molar-refractivity contribution is 6.33. The van der Waals surface area contributed by atoms with E-state index in [-0.39, 0.29) is 47.3 Å². The fourth-order valence-corrected chi connectivity index (χ4v) is 2.37. The largest absolute Gasteiger partial charge is 0.496 e. The maximum atomic E-state index is 13.7. The van der Waals surface area contributed by atoms with Gasteiger partial charge >= 0.3 is 0 Å². The predicted molar refractivity (Wildman–Crippen MR) is 103 cm³/mol. The molecule has 3 N–H and O–H groups in total. The van der Waals surface area contributed by atoms with Gasteiger partial charge < -0.3 is 20.5 Å². The first kappa shape index (κ1) is 21.9. The number of carbonyl (C=O) groups is 1. The summed E-state index contributed by atoms with van der Waals surface area (Å²) in [6.07, 6.45) is 0.213. The lowest BCUT2D eigenvalue weighted by Gasteiger charge is -2.19. The molecule has 1 amide bonds. The van der Waals surface area contributed by atoms with E-state index in [1.807, 2.05) is 6.92 Å². The number of carbonyl (C=O) groups excluding carboxylic acids is 1. The number of para-hydroxylation sites is 1. The average Bonchev–Trinajstić information content (AvgIpc) is 2.61. The number of nitrogens with two attached hydrogens (primary N) is 1. The molecule has 0 aliphatic heterocycles. The predicted octanol–water partition coefficient (Wildman–Crippen LogP) is 4.08. The topological polar surface area (TPSA) is 73.6 Å². The van der Waals surface area contributed by atoms with Gasteiger partial charge in [0, 0.05) is 6.07 Å². The Morgan fingerprint density at radius 3 is 2.62 bits per heavy atom. The molecule has 1 unspecified atom stereocenters. The van der Waals surface area contributed by atoms with Crippen molar-refractivity contribution in [1.82, 2.24) is 5.32 Å². The first-order valence-electron chi connectivity index (χ1n) is 7.78. The number of nitrogen functional groups attached to an aromatic ring is 1. The molecule has 0 radical (unpaired) electrons. The molecule has 0 spiro atoms. The van der Waals surface area contributed by atoms with Crippen LogP contribution in [0.15, 0.2) is 36.4 Å². The zero-order chi connectivity index (χ0) is 18.4. The molecular formula is C18H21Cl2FN2O3. The number of rotatable bonds is 7. The molecule has 0 saturated heterocycles. The van der Waals surface area contributed by atoms with Gasteiger partial charge in [0.25, 0.3) is 5.91 Å². The van der Waals surface area contributed by atoms with Gasteiger partial charge in [-0.05, 0) is 24.6 Å². The van der Waals surface area contributed by atoms with Gasteiger partial charge in [0.05, 0.1) is 29.9 Å². The molecule has 2 aromatic rings. The molecule has 0 saturated carbocycles. The number of halogens is 3. The highest BCUT2D eigenvalue weighted by Crippen LogP contribution is 2.28. The van der Waals surface area contributed by atoms with Crippen molar-refractivity contribution in [3.05, 3.63) is 52.8 Å². The first-order chi connectivity index (χ1) is 12.0. The third-order valence-electron chi connectivity index (χ3n) is 3.64. The van der Waals surface area contributed by atoms with Crippen LogP contribution >= 0.6 is 24.0 Å². The van der Waals surface area contributed by atoms with Gasteiger partial charge in [0.2, 0.25) is 0 Å². The van der Waals surface area contributed by atoms with Crippen molar-refractivity contribution in [3.63, 3.8) is 0 Å². The Labute approximate surface area is 163 Å². The molecule has 26 heavy (non-hydrogen) atoms. The second-order valence-electron chi connectivity index (χ2n) is 5.36. The number of anilines is 1. The summed E-state index contributed by atoms with van der Waals surface area (Å²) in [5, 5.41) is 3.01. The summed E-state index contributed by atoms with van der Waals surface area (Å²) >= 11 is 5.97. The Hall–Kier alpha value is -2.18. The monoisotopic (exact) mass is 402 g/mol. The highest BCUT2D eigenvalue weighted by atomic mass is 35.5. The van der Waals surface area contributed by atoms with E-state index in [1.165, 1.54) is 25.3 Å². The lowest BCUT2D eigenvalue weighted by atomic mass is 10.1. The summed E-state index contributed by atoms with van der Waals surface area (Å²) < 4.78 is 24.5. The Bertz CT molecular complexity index is 759. The molecule has 0 heterocycles. The quantitative estimate of drug-likeness (QED) is 0.684. The fraction of sp³-hybridized carbons (Fsp3) is 0.278. The third kappa shape index (κ3) is 5.41. The van der Waals surface area contributed by atoms with Gasteiger partial charge in [-0.15, -0.1) is 12.4 Å². The Kier molecular flexibility index (Phi) is 8.48. The number of hydrogen-bond donors (Lipinski definition) is 2. The molecule has 0 fully saturated rings. The van der Waals surface area contributed by atoms with Crippen molar-refractivity contribution in [2.45, 2.75) is 19.4 Å². The summed E-state index contributed by atoms with van der Waals surface area (Å²) in [4.78, 5) is 12.4. The zero-order valence-corrected chi connectivity index (χ0v) is 16.0. The van der Waals surface area contributed by atoms with Crippen molar-refractivity contribution < 1.29 is 18.7 Å². The zero-order valence-electron chi connectivity index (χ0n) is 14.4. The van der Waals surface area contributed by atoms with Crippen molar-refractivity contribution in [3.8, 4) is 11.5 Å². The van der Waals surface area contributed by atoms with E-state index in [1.54, 1.807) is 18.2 Å². The maximum Gasteiger partial charge on any atom is 0.255 e. The van der Waals surface area contributed by atoms with E-state index in [0.717, 1.165) is 0 Å². The van der Waals surface area contributed by atoms with E-state index in [0.29, 0.717) is 17.9 Å². The summed E-state index contributed by atoms with van der Waals surface area (Å²) in [6, 6.07) is 9.07. The molecule has 5 nitrogen and oxygen atoms in total. The molecule has 0 aromatic heterocycles. The van der Waals surface area contributed by atoms with Crippen LogP contribution in [0.5, 0.6) is 11.5 Å². The minimum atomic E-state index is -0.445. The molecule has 0 aliphatic carbocycles. The van der Waals surface area contributed by atoms with Crippen LogP contribution in [0.3, 0.4) is 0 Å². The first-order valence-corrected chi connectivity index (χ1v) is 8.16. The van der Waals surface area contributed by atoms with Crippen molar-refractivity contribution in [2.75, 3.05) is 19.4 Å². The molecular weight excluding hydrogens is 382 g/mol. The van der Waals surface area contributed by atoms with Crippen molar-refractivity contribution >= 4 is 35.6 Å². The minimum Gasteiger partial charge on any atom is -0.496 e. The molecule has 2 aromatic carbocycles. The van der Waals surface area contributed by atoms with Gasteiger partial charge in [-0.25, -0.2) is 4.39 Å². The molecule has 8 heteroatoms. The van der Waals surface area contributed by atoms with E-state index < -0.39 is 5.82 Å². The minimum absolute atomic E-state index is 0. The summed E-state index contributed by atoms with van der Waals surface area (Å²) in [5.41, 5.74) is 6.30. The summed E-state index contributed by atoms with van der Waals surface area (Å²) in [6.45, 7) is 2.09. The number of ether oxygens (including phenoxy) is 2. The number of methoxy groups -OCH3 is 1. The highest BCUT2D eigenvalue weighted by Gasteiger charge is 2.17. The van der Waals surface area contributed by atoms with Crippen LogP contribution in [-0.4, -0.2) is 25.7 Å². The third-order valence-corrected chi connectivity index (χ3v) is 3.97. The van der Waals surface area contributed by atoms with Crippen LogP contribution in [0, 0.1) is 5.82 Å². The van der Waals surface area contributed by atoms with Crippen LogP contribution in [0.1, 0.15) is 23.7 Å². The van der Waals surface area contributed by atoms with Gasteiger partial charge in [0.1, 0.15) is 11.9 Å². The number of benzene rings is 2. The van der Waals surface area contributed by atoms with Crippen LogP contribution in [0.2, 0.25) is 5.02 Å². The van der Waals surface area contributed by atoms with E-state index in [9.17, 15) is 9.18 Å². The smallest absolute Gasteiger partial charge is 0.255 e. The van der Waals surface area contributed by atoms with Gasteiger partial charge in [-0.2, -0.15) is 0 Å². The fourth-order valence-electron chi connectivity index (χ4n) is 2.21. The molecule has 2 rings (SSSR count). The van der Waals surface area contributed by atoms with E-state index in [4.69, 9.17) is 26.8 Å². The average molecular weight is 403 g/mol. The van der Waals surface area contributed by atoms with Gasteiger partial charge in [-0.3, -0.25) is 4.79 Å². The summed E-state index contributed by atoms with van der Waals surface area (Å²) in [7, 11) is 1.44. The Morgan fingerprint density at radius 1 is 1.31 bits per heavy atom. The standard InChI is InChI=1S/C18H20ClFN2O3.ClH/c1-3-11(25-16-7-5-4-6-14(16)20)10-22-18(23)12-8-13(19)15(21)9-17(12)24-2;/h4-9,11H,3,10,21H2,1-2H3,(H,22,23);1H. The lowest BCUT2D eigenvalue weighted by Crippen LogP contribution is -2.35. The molecule has 142 valence electrons. The van der Waals surface area contributed by atoms with Crippen molar-refractivity contribution in [1.29, 1.82) is 0 Å². The van der Waals surface area contributed by atoms with Gasteiger partial charge in [-0.1, -0.05) is 30.7 Å². The lowest BCUT2D eigenvalue weighted by molar-refractivity contribution is 0.0921. The van der Waals surface area contributed by atoms with E-state index in [2.05, 4.69) is 5.32 Å². The summed E-state index contributed by atoms with van der Waals surface area (Å²) in [5.74, 6) is -0.354. The number of nitrogens with one attached hydrogen (secondary N) is 1. The van der Waals surface area contributed by atoms with Crippen LogP contribution < -0.4 is 20.5 Å². The normalized spacial score (nSPS) is 11.2. The number of hydrogen-bond acceptors (Lipinski definition) is 4. The Balaban J connectivity index is 0.00000338.